The summed E-state index contributed by atoms with van der Waals surface area (Å²) in [7, 11) is 1.18. The molecule has 1 aromatic rings. The SMILES string of the molecule is COC(=O)C1(C2OC(=O)CC2C)CC(=O)c2c(O)cccc2O1. The molecule has 23 heavy (non-hydrogen) atoms. The van der Waals surface area contributed by atoms with Gasteiger partial charge in [-0.2, -0.15) is 0 Å². The molecule has 0 radical (unpaired) electrons. The molecule has 1 N–H and O–H groups in total. The zero-order valence-corrected chi connectivity index (χ0v) is 12.7. The Labute approximate surface area is 132 Å². The number of hydrogen-bond acceptors (Lipinski definition) is 7. The molecule has 7 nitrogen and oxygen atoms in total. The fourth-order valence-corrected chi connectivity index (χ4v) is 3.24. The summed E-state index contributed by atoms with van der Waals surface area (Å²) >= 11 is 0. The third-order valence-corrected chi connectivity index (χ3v) is 4.25. The summed E-state index contributed by atoms with van der Waals surface area (Å²) in [6, 6.07) is 4.34. The Morgan fingerprint density at radius 1 is 1.39 bits per heavy atom. The van der Waals surface area contributed by atoms with Gasteiger partial charge >= 0.3 is 11.9 Å². The predicted octanol–water partition coefficient (Wildman–Crippen LogP) is 1.22. The molecule has 1 aromatic carbocycles. The highest BCUT2D eigenvalue weighted by molar-refractivity contribution is 6.06. The third-order valence-electron chi connectivity index (χ3n) is 4.25. The van der Waals surface area contributed by atoms with E-state index in [1.165, 1.54) is 25.3 Å². The molecule has 3 rings (SSSR count). The maximum Gasteiger partial charge on any atom is 0.354 e. The number of rotatable bonds is 2. The normalized spacial score (nSPS) is 29.5. The number of phenolic OH excluding ortho intramolecular Hbond substituents is 1. The van der Waals surface area contributed by atoms with Gasteiger partial charge in [0.05, 0.1) is 20.0 Å². The van der Waals surface area contributed by atoms with E-state index in [0.29, 0.717) is 0 Å². The van der Waals surface area contributed by atoms with Crippen molar-refractivity contribution in [3.63, 3.8) is 0 Å². The Bertz CT molecular complexity index is 696. The van der Waals surface area contributed by atoms with Crippen LogP contribution in [0.25, 0.3) is 0 Å². The molecular formula is C16H16O7. The van der Waals surface area contributed by atoms with E-state index in [2.05, 4.69) is 0 Å². The lowest BCUT2D eigenvalue weighted by Crippen LogP contribution is -2.59. The minimum absolute atomic E-state index is 0.0176. The van der Waals surface area contributed by atoms with E-state index >= 15 is 0 Å². The lowest BCUT2D eigenvalue weighted by atomic mass is 9.80. The van der Waals surface area contributed by atoms with Gasteiger partial charge in [-0.25, -0.2) is 4.79 Å². The Morgan fingerprint density at radius 2 is 2.13 bits per heavy atom. The van der Waals surface area contributed by atoms with Crippen LogP contribution in [0, 0.1) is 5.92 Å². The molecule has 3 atom stereocenters. The van der Waals surface area contributed by atoms with Crippen LogP contribution in [0.5, 0.6) is 11.5 Å². The van der Waals surface area contributed by atoms with Gasteiger partial charge in [0.1, 0.15) is 17.1 Å². The molecular weight excluding hydrogens is 304 g/mol. The van der Waals surface area contributed by atoms with Crippen molar-refractivity contribution in [3.8, 4) is 11.5 Å². The molecule has 2 aliphatic heterocycles. The zero-order chi connectivity index (χ0) is 16.8. The zero-order valence-electron chi connectivity index (χ0n) is 12.7. The fraction of sp³-hybridized carbons (Fsp3) is 0.438. The first kappa shape index (κ1) is 15.3. The topological polar surface area (TPSA) is 99.1 Å². The molecule has 0 aromatic heterocycles. The molecule has 0 amide bonds. The number of phenols is 1. The first-order valence-corrected chi connectivity index (χ1v) is 7.21. The third kappa shape index (κ3) is 2.23. The highest BCUT2D eigenvalue weighted by atomic mass is 16.6. The molecule has 0 bridgehead atoms. The molecule has 0 aliphatic carbocycles. The lowest BCUT2D eigenvalue weighted by Gasteiger charge is -2.39. The van der Waals surface area contributed by atoms with Gasteiger partial charge in [0.25, 0.3) is 0 Å². The summed E-state index contributed by atoms with van der Waals surface area (Å²) in [6.07, 6.45) is -1.16. The summed E-state index contributed by atoms with van der Waals surface area (Å²) in [5.41, 5.74) is -1.72. The Balaban J connectivity index is 2.10. The molecule has 122 valence electrons. The number of aromatic hydroxyl groups is 1. The van der Waals surface area contributed by atoms with E-state index in [9.17, 15) is 19.5 Å². The van der Waals surface area contributed by atoms with Crippen molar-refractivity contribution in [2.75, 3.05) is 7.11 Å². The quantitative estimate of drug-likeness (QED) is 0.818. The molecule has 0 saturated carbocycles. The van der Waals surface area contributed by atoms with E-state index in [-0.39, 0.29) is 35.8 Å². The van der Waals surface area contributed by atoms with Crippen molar-refractivity contribution in [1.29, 1.82) is 0 Å². The van der Waals surface area contributed by atoms with Crippen molar-refractivity contribution in [2.45, 2.75) is 31.5 Å². The van der Waals surface area contributed by atoms with Crippen molar-refractivity contribution in [3.05, 3.63) is 23.8 Å². The Morgan fingerprint density at radius 3 is 2.74 bits per heavy atom. The number of ketones is 1. The average molecular weight is 320 g/mol. The van der Waals surface area contributed by atoms with Gasteiger partial charge in [-0.05, 0) is 12.1 Å². The van der Waals surface area contributed by atoms with E-state index < -0.39 is 29.4 Å². The maximum absolute atomic E-state index is 12.5. The fourth-order valence-electron chi connectivity index (χ4n) is 3.24. The van der Waals surface area contributed by atoms with Crippen LogP contribution < -0.4 is 4.74 Å². The summed E-state index contributed by atoms with van der Waals surface area (Å²) in [5.74, 6) is -2.17. The average Bonchev–Trinajstić information content (AvgIpc) is 2.85. The first-order chi connectivity index (χ1) is 10.9. The number of hydrogen-bond donors (Lipinski definition) is 1. The van der Waals surface area contributed by atoms with Crippen LogP contribution in [0.3, 0.4) is 0 Å². The van der Waals surface area contributed by atoms with Crippen molar-refractivity contribution in [2.24, 2.45) is 5.92 Å². The van der Waals surface area contributed by atoms with Crippen molar-refractivity contribution >= 4 is 17.7 Å². The second-order valence-corrected chi connectivity index (χ2v) is 5.83. The molecule has 0 spiro atoms. The molecule has 2 aliphatic rings. The number of carbonyl (C=O) groups excluding carboxylic acids is 3. The number of ether oxygens (including phenoxy) is 3. The summed E-state index contributed by atoms with van der Waals surface area (Å²) < 4.78 is 15.9. The predicted molar refractivity (Wildman–Crippen MR) is 76.1 cm³/mol. The number of esters is 2. The second kappa shape index (κ2) is 5.26. The van der Waals surface area contributed by atoms with Gasteiger partial charge < -0.3 is 19.3 Å². The minimum Gasteiger partial charge on any atom is -0.507 e. The number of Topliss-reactive ketones (excluding diaryl/α,β-unsaturated/α-hetero) is 1. The van der Waals surface area contributed by atoms with E-state index in [4.69, 9.17) is 14.2 Å². The summed E-state index contributed by atoms with van der Waals surface area (Å²) in [6.45, 7) is 1.74. The smallest absolute Gasteiger partial charge is 0.354 e. The van der Waals surface area contributed by atoms with Crippen LogP contribution in [-0.2, 0) is 19.1 Å². The lowest BCUT2D eigenvalue weighted by molar-refractivity contribution is -0.177. The first-order valence-electron chi connectivity index (χ1n) is 7.21. The molecule has 3 unspecified atom stereocenters. The van der Waals surface area contributed by atoms with Crippen LogP contribution >= 0.6 is 0 Å². The number of methoxy groups -OCH3 is 1. The van der Waals surface area contributed by atoms with Gasteiger partial charge in [0.2, 0.25) is 5.60 Å². The minimum atomic E-state index is -1.74. The molecule has 7 heteroatoms. The van der Waals surface area contributed by atoms with Crippen LogP contribution in [-0.4, -0.2) is 41.6 Å². The van der Waals surface area contributed by atoms with Crippen LogP contribution in [0.4, 0.5) is 0 Å². The maximum atomic E-state index is 12.5. The molecule has 2 heterocycles. The summed E-state index contributed by atoms with van der Waals surface area (Å²) in [4.78, 5) is 36.5. The molecule has 1 saturated heterocycles. The van der Waals surface area contributed by atoms with Crippen LogP contribution in [0.1, 0.15) is 30.1 Å². The van der Waals surface area contributed by atoms with Crippen LogP contribution in [0.15, 0.2) is 18.2 Å². The van der Waals surface area contributed by atoms with E-state index in [0.717, 1.165) is 0 Å². The van der Waals surface area contributed by atoms with Crippen molar-refractivity contribution < 1.29 is 33.7 Å². The second-order valence-electron chi connectivity index (χ2n) is 5.83. The van der Waals surface area contributed by atoms with Gasteiger partial charge in [-0.3, -0.25) is 9.59 Å². The largest absolute Gasteiger partial charge is 0.507 e. The number of carbonyl (C=O) groups is 3. The Kier molecular flexibility index (Phi) is 3.50. The molecule has 1 fully saturated rings. The number of benzene rings is 1. The highest BCUT2D eigenvalue weighted by Crippen LogP contribution is 2.44. The van der Waals surface area contributed by atoms with E-state index in [1.54, 1.807) is 6.92 Å². The number of cyclic esters (lactones) is 1. The van der Waals surface area contributed by atoms with Gasteiger partial charge in [-0.15, -0.1) is 0 Å². The highest BCUT2D eigenvalue weighted by Gasteiger charge is 2.60. The van der Waals surface area contributed by atoms with Gasteiger partial charge in [-0.1, -0.05) is 13.0 Å². The van der Waals surface area contributed by atoms with Gasteiger partial charge in [0.15, 0.2) is 11.9 Å². The standard InChI is InChI=1S/C16H16O7/c1-8-6-12(19)22-14(8)16(15(20)21-2)7-10(18)13-9(17)4-3-5-11(13)23-16/h3-5,8,14,17H,6-7H2,1-2H3. The van der Waals surface area contributed by atoms with Gasteiger partial charge in [0, 0.05) is 5.92 Å². The Hall–Kier alpha value is -2.57. The monoisotopic (exact) mass is 320 g/mol. The number of fused-ring (bicyclic) bond motifs is 1. The summed E-state index contributed by atoms with van der Waals surface area (Å²) in [5, 5.41) is 9.85. The van der Waals surface area contributed by atoms with Crippen molar-refractivity contribution in [1.82, 2.24) is 0 Å². The van der Waals surface area contributed by atoms with Crippen LogP contribution in [0.2, 0.25) is 0 Å². The van der Waals surface area contributed by atoms with E-state index in [1.807, 2.05) is 0 Å².